The third-order valence-corrected chi connectivity index (χ3v) is 6.89. The van der Waals surface area contributed by atoms with Crippen LogP contribution in [0.2, 0.25) is 0 Å². The lowest BCUT2D eigenvalue weighted by molar-refractivity contribution is -0.139. The van der Waals surface area contributed by atoms with Crippen LogP contribution in [0.4, 0.5) is 0 Å². The van der Waals surface area contributed by atoms with E-state index in [4.69, 9.17) is 10.00 Å². The highest BCUT2D eigenvalue weighted by atomic mass is 16.5. The highest BCUT2D eigenvalue weighted by Gasteiger charge is 2.21. The summed E-state index contributed by atoms with van der Waals surface area (Å²) in [7, 11) is 0. The molecular formula is C34H34N4O4. The van der Waals surface area contributed by atoms with E-state index in [9.17, 15) is 14.7 Å². The Hall–Kier alpha value is -5.03. The fourth-order valence-electron chi connectivity index (χ4n) is 4.43. The van der Waals surface area contributed by atoms with Crippen LogP contribution in [0.5, 0.6) is 5.75 Å². The molecule has 0 spiro atoms. The monoisotopic (exact) mass is 562 g/mol. The minimum atomic E-state index is -1.14. The molecule has 1 aromatic heterocycles. The Labute approximate surface area is 246 Å². The minimum absolute atomic E-state index is 0.107. The van der Waals surface area contributed by atoms with Crippen molar-refractivity contribution in [1.29, 1.82) is 5.26 Å². The molecule has 1 atom stereocenters. The van der Waals surface area contributed by atoms with Crippen LogP contribution in [0.3, 0.4) is 0 Å². The lowest BCUT2D eigenvalue weighted by Gasteiger charge is -2.15. The van der Waals surface area contributed by atoms with Crippen LogP contribution in [0.1, 0.15) is 60.5 Å². The van der Waals surface area contributed by atoms with Crippen molar-refractivity contribution >= 4 is 11.9 Å². The number of benzene rings is 3. The quantitative estimate of drug-likeness (QED) is 0.169. The van der Waals surface area contributed by atoms with Crippen LogP contribution in [-0.2, 0) is 11.2 Å². The summed E-state index contributed by atoms with van der Waals surface area (Å²) in [5, 5.41) is 21.1. The molecule has 3 aromatic carbocycles. The molecule has 2 N–H and O–H groups in total. The zero-order valence-corrected chi connectivity index (χ0v) is 23.6. The van der Waals surface area contributed by atoms with Crippen LogP contribution < -0.4 is 10.1 Å². The normalized spacial score (nSPS) is 11.3. The van der Waals surface area contributed by atoms with Crippen molar-refractivity contribution < 1.29 is 19.4 Å². The van der Waals surface area contributed by atoms with Crippen molar-refractivity contribution in [3.63, 3.8) is 0 Å². The van der Waals surface area contributed by atoms with Crippen molar-refractivity contribution in [2.45, 2.75) is 51.5 Å². The summed E-state index contributed by atoms with van der Waals surface area (Å²) < 4.78 is 5.85. The summed E-state index contributed by atoms with van der Waals surface area (Å²) in [6.07, 6.45) is 9.69. The molecule has 0 aliphatic heterocycles. The highest BCUT2D eigenvalue weighted by molar-refractivity contribution is 5.96. The zero-order chi connectivity index (χ0) is 29.7. The van der Waals surface area contributed by atoms with Gasteiger partial charge >= 0.3 is 5.97 Å². The maximum atomic E-state index is 12.5. The van der Waals surface area contributed by atoms with Gasteiger partial charge in [0.15, 0.2) is 5.82 Å². The van der Waals surface area contributed by atoms with Crippen LogP contribution in [-0.4, -0.2) is 39.6 Å². The second kappa shape index (κ2) is 15.1. The summed E-state index contributed by atoms with van der Waals surface area (Å²) in [5.74, 6) is -0.248. The molecule has 0 aliphatic rings. The topological polar surface area (TPSA) is 125 Å². The Balaban J connectivity index is 1.32. The Morgan fingerprint density at radius 3 is 2.12 bits per heavy atom. The number of aliphatic carboxylic acids is 1. The molecule has 8 heteroatoms. The standard InChI is InChI=1S/C34H34N4O4/c1-2-3-4-5-6-19-42-30-17-15-26(16-18-30)29-22-36-32(37-23-29)27-11-7-24(8-12-27)20-31(34(40)41)38-33(39)28-13-9-25(21-35)10-14-28/h7-18,22-23,31H,2-6,19-20H2,1H3,(H,38,39)(H,40,41)/t31-/m0/s1. The number of carbonyl (C=O) groups is 2. The number of carboxylic acid groups (broad SMARTS) is 1. The van der Waals surface area contributed by atoms with Crippen molar-refractivity contribution in [3.8, 4) is 34.3 Å². The van der Waals surface area contributed by atoms with Gasteiger partial charge in [-0.15, -0.1) is 0 Å². The molecule has 0 saturated carbocycles. The SMILES string of the molecule is CCCCCCCOc1ccc(-c2cnc(-c3ccc(C[C@H](NC(=O)c4ccc(C#N)cc4)C(=O)O)cc3)nc2)cc1. The highest BCUT2D eigenvalue weighted by Crippen LogP contribution is 2.24. The van der Waals surface area contributed by atoms with Crippen molar-refractivity contribution in [3.05, 3.63) is 102 Å². The molecule has 1 heterocycles. The molecule has 0 saturated heterocycles. The number of nitrogens with one attached hydrogen (secondary N) is 1. The smallest absolute Gasteiger partial charge is 0.326 e. The maximum Gasteiger partial charge on any atom is 0.326 e. The van der Waals surface area contributed by atoms with Crippen LogP contribution in [0, 0.1) is 11.3 Å². The van der Waals surface area contributed by atoms with Gasteiger partial charge in [-0.1, -0.05) is 69.0 Å². The maximum absolute atomic E-state index is 12.5. The van der Waals surface area contributed by atoms with Crippen molar-refractivity contribution in [2.24, 2.45) is 0 Å². The Morgan fingerprint density at radius 2 is 1.50 bits per heavy atom. The van der Waals surface area contributed by atoms with E-state index in [-0.39, 0.29) is 12.0 Å². The van der Waals surface area contributed by atoms with Crippen LogP contribution in [0.15, 0.2) is 85.2 Å². The van der Waals surface area contributed by atoms with Gasteiger partial charge in [0.1, 0.15) is 11.8 Å². The molecule has 4 rings (SSSR count). The Kier molecular flexibility index (Phi) is 10.8. The van der Waals surface area contributed by atoms with E-state index < -0.39 is 17.9 Å². The first-order chi connectivity index (χ1) is 20.5. The largest absolute Gasteiger partial charge is 0.494 e. The molecule has 0 unspecified atom stereocenters. The third-order valence-electron chi connectivity index (χ3n) is 6.89. The predicted octanol–water partition coefficient (Wildman–Crippen LogP) is 6.46. The van der Waals surface area contributed by atoms with Gasteiger partial charge in [-0.2, -0.15) is 5.26 Å². The zero-order valence-electron chi connectivity index (χ0n) is 23.6. The van der Waals surface area contributed by atoms with Crippen molar-refractivity contribution in [1.82, 2.24) is 15.3 Å². The van der Waals surface area contributed by atoms with E-state index in [1.165, 1.54) is 49.9 Å². The molecule has 0 aliphatic carbocycles. The average Bonchev–Trinajstić information content (AvgIpc) is 3.03. The van der Waals surface area contributed by atoms with Gasteiger partial charge in [0.25, 0.3) is 5.91 Å². The van der Waals surface area contributed by atoms with Gasteiger partial charge in [0.2, 0.25) is 0 Å². The molecule has 0 radical (unpaired) electrons. The molecule has 1 amide bonds. The number of carbonyl (C=O) groups excluding carboxylic acids is 1. The second-order valence-electron chi connectivity index (χ2n) is 10.0. The molecule has 4 aromatic rings. The third kappa shape index (κ3) is 8.48. The van der Waals surface area contributed by atoms with Gasteiger partial charge in [0, 0.05) is 35.5 Å². The number of amides is 1. The van der Waals surface area contributed by atoms with E-state index in [0.717, 1.165) is 41.0 Å². The second-order valence-corrected chi connectivity index (χ2v) is 10.0. The number of hydrogen-bond acceptors (Lipinski definition) is 6. The fourth-order valence-corrected chi connectivity index (χ4v) is 4.43. The molecule has 0 bridgehead atoms. The number of nitrogens with zero attached hydrogens (tertiary/aromatic N) is 3. The molecule has 8 nitrogen and oxygen atoms in total. The summed E-state index contributed by atoms with van der Waals surface area (Å²) >= 11 is 0. The minimum Gasteiger partial charge on any atom is -0.494 e. The summed E-state index contributed by atoms with van der Waals surface area (Å²) in [4.78, 5) is 33.4. The molecule has 42 heavy (non-hydrogen) atoms. The van der Waals surface area contributed by atoms with Crippen molar-refractivity contribution in [2.75, 3.05) is 6.61 Å². The molecule has 214 valence electrons. The van der Waals surface area contributed by atoms with E-state index in [1.807, 2.05) is 42.5 Å². The number of unbranched alkanes of at least 4 members (excludes halogenated alkanes) is 4. The van der Waals surface area contributed by atoms with Gasteiger partial charge in [0.05, 0.1) is 18.2 Å². The number of hydrogen-bond donors (Lipinski definition) is 2. The number of carboxylic acids is 1. The predicted molar refractivity (Wildman–Crippen MR) is 161 cm³/mol. The summed E-state index contributed by atoms with van der Waals surface area (Å²) in [6.45, 7) is 2.94. The molecule has 0 fully saturated rings. The first-order valence-corrected chi connectivity index (χ1v) is 14.1. The number of nitriles is 1. The molecular weight excluding hydrogens is 528 g/mol. The lowest BCUT2D eigenvalue weighted by atomic mass is 10.0. The average molecular weight is 563 g/mol. The van der Waals surface area contributed by atoms with Gasteiger partial charge in [-0.25, -0.2) is 14.8 Å². The van der Waals surface area contributed by atoms with Gasteiger partial charge in [-0.05, 0) is 53.9 Å². The number of aromatic nitrogens is 2. The first-order valence-electron chi connectivity index (χ1n) is 14.1. The summed E-state index contributed by atoms with van der Waals surface area (Å²) in [5.41, 5.74) is 4.13. The van der Waals surface area contributed by atoms with E-state index >= 15 is 0 Å². The lowest BCUT2D eigenvalue weighted by Crippen LogP contribution is -2.42. The van der Waals surface area contributed by atoms with E-state index in [2.05, 4.69) is 22.2 Å². The number of rotatable bonds is 14. The Morgan fingerprint density at radius 1 is 0.857 bits per heavy atom. The first kappa shape index (κ1) is 29.9. The fraction of sp³-hybridized carbons (Fsp3) is 0.265. The summed E-state index contributed by atoms with van der Waals surface area (Å²) in [6, 6.07) is 22.1. The van der Waals surface area contributed by atoms with Crippen LogP contribution >= 0.6 is 0 Å². The number of ether oxygens (including phenoxy) is 1. The van der Waals surface area contributed by atoms with Gasteiger partial charge < -0.3 is 15.2 Å². The van der Waals surface area contributed by atoms with E-state index in [1.54, 1.807) is 24.5 Å². The van der Waals surface area contributed by atoms with Crippen LogP contribution in [0.25, 0.3) is 22.5 Å². The van der Waals surface area contributed by atoms with Gasteiger partial charge in [-0.3, -0.25) is 4.79 Å². The Bertz CT molecular complexity index is 1490. The van der Waals surface area contributed by atoms with E-state index in [0.29, 0.717) is 11.4 Å².